The summed E-state index contributed by atoms with van der Waals surface area (Å²) in [5, 5.41) is 11.6. The minimum atomic E-state index is -0.0813. The quantitative estimate of drug-likeness (QED) is 0.486. The van der Waals surface area contributed by atoms with Gasteiger partial charge in [-0.25, -0.2) is 0 Å². The summed E-state index contributed by atoms with van der Waals surface area (Å²) < 4.78 is 5.33. The zero-order valence-electron chi connectivity index (χ0n) is 17.1. The van der Waals surface area contributed by atoms with E-state index in [1.165, 1.54) is 0 Å². The van der Waals surface area contributed by atoms with Gasteiger partial charge in [0, 0.05) is 30.4 Å². The summed E-state index contributed by atoms with van der Waals surface area (Å²) in [5.74, 6) is 0.453. The fourth-order valence-electron chi connectivity index (χ4n) is 3.46. The van der Waals surface area contributed by atoms with Crippen molar-refractivity contribution in [3.8, 4) is 22.5 Å². The zero-order chi connectivity index (χ0) is 20.9. The number of H-pyrrole nitrogens is 1. The van der Waals surface area contributed by atoms with Crippen LogP contribution >= 0.6 is 0 Å². The molecule has 0 fully saturated rings. The monoisotopic (exact) mass is 400 g/mol. The van der Waals surface area contributed by atoms with Crippen LogP contribution in [0, 0.1) is 6.92 Å². The first-order valence-corrected chi connectivity index (χ1v) is 10.0. The largest absolute Gasteiger partial charge is 0.360 e. The number of rotatable bonds is 7. The van der Waals surface area contributed by atoms with Gasteiger partial charge in [-0.15, -0.1) is 0 Å². The van der Waals surface area contributed by atoms with Crippen LogP contribution in [0.1, 0.15) is 28.2 Å². The Morgan fingerprint density at radius 1 is 1.03 bits per heavy atom. The fourth-order valence-corrected chi connectivity index (χ4v) is 3.46. The lowest BCUT2D eigenvalue weighted by molar-refractivity contribution is 0.0792. The van der Waals surface area contributed by atoms with Gasteiger partial charge >= 0.3 is 0 Å². The van der Waals surface area contributed by atoms with E-state index in [0.29, 0.717) is 23.6 Å². The van der Waals surface area contributed by atoms with Crippen molar-refractivity contribution in [2.24, 2.45) is 0 Å². The molecule has 1 N–H and O–H groups in total. The van der Waals surface area contributed by atoms with E-state index < -0.39 is 0 Å². The molecule has 0 aliphatic rings. The maximum absolute atomic E-state index is 13.1. The highest BCUT2D eigenvalue weighted by Gasteiger charge is 2.24. The lowest BCUT2D eigenvalue weighted by Gasteiger charge is -2.17. The first kappa shape index (κ1) is 19.6. The van der Waals surface area contributed by atoms with Crippen molar-refractivity contribution in [1.29, 1.82) is 0 Å². The number of hydrogen-bond donors (Lipinski definition) is 1. The molecular weight excluding hydrogens is 376 g/mol. The number of aryl methyl sites for hydroxylation is 2. The fraction of sp³-hybridized carbons (Fsp3) is 0.208. The summed E-state index contributed by atoms with van der Waals surface area (Å²) in [6.45, 7) is 2.40. The van der Waals surface area contributed by atoms with Crippen molar-refractivity contribution in [3.05, 3.63) is 83.7 Å². The van der Waals surface area contributed by atoms with Gasteiger partial charge in [-0.1, -0.05) is 65.8 Å². The Labute approximate surface area is 175 Å². The molecule has 2 aromatic heterocycles. The molecular formula is C24H24N4O2. The number of nitrogens with one attached hydrogen (secondary N) is 1. The molecule has 2 aromatic carbocycles. The molecule has 152 valence electrons. The molecule has 6 nitrogen and oxygen atoms in total. The van der Waals surface area contributed by atoms with Crippen molar-refractivity contribution >= 4 is 5.91 Å². The number of carbonyl (C=O) groups is 1. The molecule has 0 spiro atoms. The molecule has 0 unspecified atom stereocenters. The predicted octanol–water partition coefficient (Wildman–Crippen LogP) is 4.74. The van der Waals surface area contributed by atoms with Gasteiger partial charge in [0.15, 0.2) is 0 Å². The molecule has 0 atom stereocenters. The molecule has 0 aliphatic carbocycles. The third-order valence-electron chi connectivity index (χ3n) is 5.11. The van der Waals surface area contributed by atoms with E-state index in [1.807, 2.05) is 67.7 Å². The van der Waals surface area contributed by atoms with Gasteiger partial charge in [0.25, 0.3) is 5.91 Å². The van der Waals surface area contributed by atoms with E-state index in [9.17, 15) is 4.79 Å². The lowest BCUT2D eigenvalue weighted by atomic mass is 10.1. The van der Waals surface area contributed by atoms with Crippen LogP contribution in [0.2, 0.25) is 0 Å². The van der Waals surface area contributed by atoms with E-state index in [2.05, 4.69) is 21.4 Å². The second-order valence-corrected chi connectivity index (χ2v) is 7.30. The average molecular weight is 400 g/mol. The summed E-state index contributed by atoms with van der Waals surface area (Å²) in [6.07, 6.45) is 1.63. The van der Waals surface area contributed by atoms with Crippen LogP contribution in [0.3, 0.4) is 0 Å². The Hall–Kier alpha value is -3.67. The van der Waals surface area contributed by atoms with Gasteiger partial charge in [-0.2, -0.15) is 5.10 Å². The van der Waals surface area contributed by atoms with Gasteiger partial charge < -0.3 is 9.42 Å². The average Bonchev–Trinajstić information content (AvgIpc) is 3.41. The van der Waals surface area contributed by atoms with Crippen molar-refractivity contribution in [3.63, 3.8) is 0 Å². The maximum atomic E-state index is 13.1. The third kappa shape index (κ3) is 4.17. The van der Waals surface area contributed by atoms with Crippen LogP contribution in [-0.4, -0.2) is 39.8 Å². The molecule has 2 heterocycles. The number of amides is 1. The number of nitrogens with zero attached hydrogens (tertiary/aromatic N) is 3. The SMILES string of the molecule is Cc1onc(-c2ccccc2)c1C(=O)N(C)CCCc1cc(-c2ccccc2)n[nH]1. The number of aromatic nitrogens is 3. The zero-order valence-corrected chi connectivity index (χ0v) is 17.1. The van der Waals surface area contributed by atoms with E-state index in [0.717, 1.165) is 35.4 Å². The number of carbonyl (C=O) groups excluding carboxylic acids is 1. The maximum Gasteiger partial charge on any atom is 0.259 e. The Morgan fingerprint density at radius 2 is 1.70 bits per heavy atom. The van der Waals surface area contributed by atoms with Crippen LogP contribution in [0.5, 0.6) is 0 Å². The van der Waals surface area contributed by atoms with E-state index in [4.69, 9.17) is 4.52 Å². The molecule has 0 saturated carbocycles. The van der Waals surface area contributed by atoms with Crippen LogP contribution < -0.4 is 0 Å². The first-order valence-electron chi connectivity index (χ1n) is 10.0. The molecule has 6 heteroatoms. The standard InChI is InChI=1S/C24H24N4O2/c1-17-22(23(27-30-17)19-12-7-4-8-13-19)24(29)28(2)15-9-14-20-16-21(26-25-20)18-10-5-3-6-11-18/h3-8,10-13,16H,9,14-15H2,1-2H3,(H,25,26). The second kappa shape index (κ2) is 8.78. The van der Waals surface area contributed by atoms with Crippen LogP contribution in [-0.2, 0) is 6.42 Å². The number of hydrogen-bond acceptors (Lipinski definition) is 4. The van der Waals surface area contributed by atoms with Gasteiger partial charge in [-0.05, 0) is 25.8 Å². The third-order valence-corrected chi connectivity index (χ3v) is 5.11. The van der Waals surface area contributed by atoms with Crippen LogP contribution in [0.15, 0.2) is 71.3 Å². The smallest absolute Gasteiger partial charge is 0.259 e. The molecule has 0 radical (unpaired) electrons. The minimum absolute atomic E-state index is 0.0813. The van der Waals surface area contributed by atoms with E-state index in [-0.39, 0.29) is 5.91 Å². The van der Waals surface area contributed by atoms with Crippen molar-refractivity contribution in [1.82, 2.24) is 20.3 Å². The molecule has 4 rings (SSSR count). The van der Waals surface area contributed by atoms with Crippen LogP contribution in [0.25, 0.3) is 22.5 Å². The summed E-state index contributed by atoms with van der Waals surface area (Å²) in [6, 6.07) is 21.8. The highest BCUT2D eigenvalue weighted by molar-refractivity contribution is 6.00. The molecule has 0 saturated heterocycles. The Morgan fingerprint density at radius 3 is 2.40 bits per heavy atom. The van der Waals surface area contributed by atoms with Crippen molar-refractivity contribution in [2.75, 3.05) is 13.6 Å². The van der Waals surface area contributed by atoms with Crippen LogP contribution in [0.4, 0.5) is 0 Å². The Bertz CT molecular complexity index is 1120. The minimum Gasteiger partial charge on any atom is -0.360 e. The lowest BCUT2D eigenvalue weighted by Crippen LogP contribution is -2.28. The number of aromatic amines is 1. The summed E-state index contributed by atoms with van der Waals surface area (Å²) in [5.41, 5.74) is 5.06. The first-order chi connectivity index (χ1) is 14.6. The Kier molecular flexibility index (Phi) is 5.75. The molecule has 1 amide bonds. The molecule has 4 aromatic rings. The van der Waals surface area contributed by atoms with Gasteiger partial charge in [0.05, 0.1) is 5.69 Å². The summed E-state index contributed by atoms with van der Waals surface area (Å²) >= 11 is 0. The predicted molar refractivity (Wildman–Crippen MR) is 116 cm³/mol. The second-order valence-electron chi connectivity index (χ2n) is 7.30. The van der Waals surface area contributed by atoms with Gasteiger partial charge in [0.2, 0.25) is 0 Å². The van der Waals surface area contributed by atoms with Crippen molar-refractivity contribution < 1.29 is 9.32 Å². The topological polar surface area (TPSA) is 75.0 Å². The summed E-state index contributed by atoms with van der Waals surface area (Å²) in [4.78, 5) is 14.8. The molecule has 30 heavy (non-hydrogen) atoms. The van der Waals surface area contributed by atoms with Gasteiger partial charge in [0.1, 0.15) is 17.0 Å². The summed E-state index contributed by atoms with van der Waals surface area (Å²) in [7, 11) is 1.81. The van der Waals surface area contributed by atoms with Gasteiger partial charge in [-0.3, -0.25) is 9.89 Å². The highest BCUT2D eigenvalue weighted by atomic mass is 16.5. The van der Waals surface area contributed by atoms with Crippen molar-refractivity contribution in [2.45, 2.75) is 19.8 Å². The normalized spacial score (nSPS) is 10.9. The molecule has 0 bridgehead atoms. The van der Waals surface area contributed by atoms with E-state index in [1.54, 1.807) is 11.8 Å². The number of benzene rings is 2. The highest BCUT2D eigenvalue weighted by Crippen LogP contribution is 2.26. The molecule has 0 aliphatic heterocycles. The Balaban J connectivity index is 1.39. The van der Waals surface area contributed by atoms with E-state index >= 15 is 0 Å².